The lowest BCUT2D eigenvalue weighted by molar-refractivity contribution is -0.124. The Morgan fingerprint density at radius 2 is 1.74 bits per heavy atom. The molecular formula is C15H14N4O4. The van der Waals surface area contributed by atoms with E-state index in [4.69, 9.17) is 0 Å². The summed E-state index contributed by atoms with van der Waals surface area (Å²) in [6.45, 7) is 1.57. The smallest absolute Gasteiger partial charge is 0.264 e. The third-order valence-corrected chi connectivity index (χ3v) is 3.70. The second kappa shape index (κ2) is 5.56. The van der Waals surface area contributed by atoms with Crippen LogP contribution in [0.5, 0.6) is 0 Å². The summed E-state index contributed by atoms with van der Waals surface area (Å²) in [5, 5.41) is 7.54. The number of amides is 3. The maximum atomic E-state index is 12.3. The highest BCUT2D eigenvalue weighted by Gasteiger charge is 2.40. The predicted octanol–water partition coefficient (Wildman–Crippen LogP) is 0.00390. The molecule has 3 rings (SSSR count). The van der Waals surface area contributed by atoms with E-state index in [1.54, 1.807) is 24.3 Å². The van der Waals surface area contributed by atoms with Gasteiger partial charge in [0.2, 0.25) is 5.91 Å². The molecule has 0 radical (unpaired) electrons. The number of rotatable bonds is 4. The van der Waals surface area contributed by atoms with E-state index in [1.165, 1.54) is 13.0 Å². The zero-order valence-electron chi connectivity index (χ0n) is 12.3. The van der Waals surface area contributed by atoms with E-state index in [2.05, 4.69) is 15.5 Å². The summed E-state index contributed by atoms with van der Waals surface area (Å²) in [7, 11) is 0. The summed E-state index contributed by atoms with van der Waals surface area (Å²) in [6, 6.07) is 6.82. The van der Waals surface area contributed by atoms with Crippen molar-refractivity contribution in [1.29, 1.82) is 0 Å². The molecule has 3 N–H and O–H groups in total. The summed E-state index contributed by atoms with van der Waals surface area (Å²) >= 11 is 0. The average Bonchev–Trinajstić information content (AvgIpc) is 3.07. The molecule has 0 bridgehead atoms. The van der Waals surface area contributed by atoms with Crippen molar-refractivity contribution in [3.8, 4) is 0 Å². The molecule has 118 valence electrons. The van der Waals surface area contributed by atoms with Crippen molar-refractivity contribution in [3.05, 3.63) is 57.5 Å². The topological polar surface area (TPSA) is 115 Å². The van der Waals surface area contributed by atoms with Gasteiger partial charge in [-0.15, -0.1) is 0 Å². The molecule has 1 aliphatic rings. The van der Waals surface area contributed by atoms with Crippen LogP contribution >= 0.6 is 0 Å². The summed E-state index contributed by atoms with van der Waals surface area (Å²) in [5.41, 5.74) is 0.791. The van der Waals surface area contributed by atoms with Crippen LogP contribution in [-0.2, 0) is 11.3 Å². The first kappa shape index (κ1) is 14.8. The lowest BCUT2D eigenvalue weighted by Crippen LogP contribution is -2.47. The van der Waals surface area contributed by atoms with E-state index in [1.807, 2.05) is 0 Å². The Hall–Kier alpha value is -3.16. The zero-order valence-corrected chi connectivity index (χ0v) is 12.3. The van der Waals surface area contributed by atoms with E-state index in [-0.39, 0.29) is 12.1 Å². The third-order valence-electron chi connectivity index (χ3n) is 3.70. The quantitative estimate of drug-likeness (QED) is 0.689. The van der Waals surface area contributed by atoms with E-state index in [0.717, 1.165) is 4.90 Å². The highest BCUT2D eigenvalue weighted by Crippen LogP contribution is 2.24. The summed E-state index contributed by atoms with van der Waals surface area (Å²) < 4.78 is 0. The van der Waals surface area contributed by atoms with Crippen LogP contribution in [-0.4, -0.2) is 38.9 Å². The van der Waals surface area contributed by atoms with Crippen molar-refractivity contribution in [2.45, 2.75) is 19.5 Å². The Labute approximate surface area is 130 Å². The molecule has 8 heteroatoms. The van der Waals surface area contributed by atoms with Crippen molar-refractivity contribution in [3.63, 3.8) is 0 Å². The molecule has 3 amide bonds. The first-order valence-corrected chi connectivity index (χ1v) is 7.00. The second-order valence-corrected chi connectivity index (χ2v) is 5.20. The molecule has 0 spiro atoms. The van der Waals surface area contributed by atoms with Crippen molar-refractivity contribution in [2.24, 2.45) is 0 Å². The molecule has 1 unspecified atom stereocenters. The molecule has 1 aromatic heterocycles. The van der Waals surface area contributed by atoms with Gasteiger partial charge in [-0.3, -0.25) is 29.2 Å². The molecule has 0 aliphatic carbocycles. The van der Waals surface area contributed by atoms with E-state index >= 15 is 0 Å². The van der Waals surface area contributed by atoms with Gasteiger partial charge in [0.25, 0.3) is 17.4 Å². The SMILES string of the molecule is CC(C(=O)NCc1cc(=O)[nH][nH]1)N1C(=O)c2ccccc2C1=O. The molecule has 1 aliphatic heterocycles. The monoisotopic (exact) mass is 314 g/mol. The summed E-state index contributed by atoms with van der Waals surface area (Å²) in [4.78, 5) is 48.7. The van der Waals surface area contributed by atoms with Crippen LogP contribution in [0.15, 0.2) is 35.1 Å². The molecule has 0 saturated heterocycles. The number of aromatic amines is 2. The molecule has 1 atom stereocenters. The van der Waals surface area contributed by atoms with Gasteiger partial charge in [-0.05, 0) is 19.1 Å². The largest absolute Gasteiger partial charge is 0.349 e. The van der Waals surface area contributed by atoms with Crippen LogP contribution in [0.2, 0.25) is 0 Å². The molecule has 2 heterocycles. The first-order chi connectivity index (χ1) is 11.0. The number of carbonyl (C=O) groups excluding carboxylic acids is 3. The number of imide groups is 1. The minimum atomic E-state index is -0.951. The van der Waals surface area contributed by atoms with Gasteiger partial charge >= 0.3 is 0 Å². The second-order valence-electron chi connectivity index (χ2n) is 5.20. The minimum Gasteiger partial charge on any atom is -0.349 e. The maximum absolute atomic E-state index is 12.3. The van der Waals surface area contributed by atoms with Crippen LogP contribution in [0.1, 0.15) is 33.3 Å². The molecule has 0 saturated carbocycles. The summed E-state index contributed by atoms with van der Waals surface area (Å²) in [5.74, 6) is -1.45. The van der Waals surface area contributed by atoms with Gasteiger partial charge in [-0.1, -0.05) is 12.1 Å². The fourth-order valence-electron chi connectivity index (χ4n) is 2.47. The number of fused-ring (bicyclic) bond motifs is 1. The number of carbonyl (C=O) groups is 3. The van der Waals surface area contributed by atoms with Crippen molar-refractivity contribution in [1.82, 2.24) is 20.4 Å². The van der Waals surface area contributed by atoms with Crippen LogP contribution in [0.4, 0.5) is 0 Å². The Balaban J connectivity index is 1.72. The molecule has 23 heavy (non-hydrogen) atoms. The third kappa shape index (κ3) is 2.54. The molecule has 2 aromatic rings. The number of aromatic nitrogens is 2. The van der Waals surface area contributed by atoms with Crippen molar-refractivity contribution in [2.75, 3.05) is 0 Å². The minimum absolute atomic E-state index is 0.0884. The highest BCUT2D eigenvalue weighted by molar-refractivity contribution is 6.22. The number of benzene rings is 1. The molecule has 1 aromatic carbocycles. The van der Waals surface area contributed by atoms with Gasteiger partial charge in [0, 0.05) is 6.07 Å². The van der Waals surface area contributed by atoms with Gasteiger partial charge in [0.15, 0.2) is 0 Å². The lowest BCUT2D eigenvalue weighted by Gasteiger charge is -2.21. The standard InChI is InChI=1S/C15H14N4O4/c1-8(13(21)16-7-9-6-12(20)18-17-9)19-14(22)10-4-2-3-5-11(10)15(19)23/h2-6,8H,7H2,1H3,(H,16,21)(H2,17,18,20). The van der Waals surface area contributed by atoms with Crippen LogP contribution in [0, 0.1) is 0 Å². The number of H-pyrrole nitrogens is 2. The normalized spacial score (nSPS) is 14.7. The van der Waals surface area contributed by atoms with Crippen LogP contribution < -0.4 is 10.9 Å². The first-order valence-electron chi connectivity index (χ1n) is 7.00. The maximum Gasteiger partial charge on any atom is 0.264 e. The lowest BCUT2D eigenvalue weighted by atomic mass is 10.1. The average molecular weight is 314 g/mol. The van der Waals surface area contributed by atoms with Crippen molar-refractivity contribution >= 4 is 17.7 Å². The predicted molar refractivity (Wildman–Crippen MR) is 79.7 cm³/mol. The number of hydrogen-bond donors (Lipinski definition) is 3. The highest BCUT2D eigenvalue weighted by atomic mass is 16.2. The van der Waals surface area contributed by atoms with E-state index < -0.39 is 23.8 Å². The number of nitrogens with one attached hydrogen (secondary N) is 3. The van der Waals surface area contributed by atoms with Gasteiger partial charge < -0.3 is 10.4 Å². The van der Waals surface area contributed by atoms with E-state index in [9.17, 15) is 19.2 Å². The fourth-order valence-corrected chi connectivity index (χ4v) is 2.47. The van der Waals surface area contributed by atoms with Gasteiger partial charge in [-0.2, -0.15) is 0 Å². The van der Waals surface area contributed by atoms with Gasteiger partial charge in [-0.25, -0.2) is 0 Å². The van der Waals surface area contributed by atoms with Crippen LogP contribution in [0.3, 0.4) is 0 Å². The van der Waals surface area contributed by atoms with E-state index in [0.29, 0.717) is 16.8 Å². The fraction of sp³-hybridized carbons (Fsp3) is 0.200. The molecule has 0 fully saturated rings. The Bertz CT molecular complexity index is 816. The molecular weight excluding hydrogens is 300 g/mol. The Morgan fingerprint density at radius 1 is 1.13 bits per heavy atom. The van der Waals surface area contributed by atoms with Gasteiger partial charge in [0.1, 0.15) is 6.04 Å². The Morgan fingerprint density at radius 3 is 2.26 bits per heavy atom. The zero-order chi connectivity index (χ0) is 16.6. The number of nitrogens with zero attached hydrogens (tertiary/aromatic N) is 1. The Kier molecular flexibility index (Phi) is 3.57. The number of hydrogen-bond acceptors (Lipinski definition) is 4. The van der Waals surface area contributed by atoms with Crippen molar-refractivity contribution < 1.29 is 14.4 Å². The van der Waals surface area contributed by atoms with Crippen LogP contribution in [0.25, 0.3) is 0 Å². The summed E-state index contributed by atoms with van der Waals surface area (Å²) in [6.07, 6.45) is 0. The molecule has 8 nitrogen and oxygen atoms in total. The van der Waals surface area contributed by atoms with Gasteiger partial charge in [0.05, 0.1) is 23.4 Å².